The molecule has 8 heteroatoms. The second-order valence-electron chi connectivity index (χ2n) is 6.26. The Morgan fingerprint density at radius 1 is 1.11 bits per heavy atom. The van der Waals surface area contributed by atoms with Gasteiger partial charge in [-0.3, -0.25) is 9.59 Å². The summed E-state index contributed by atoms with van der Waals surface area (Å²) in [6, 6.07) is 11.3. The zero-order chi connectivity index (χ0) is 20.3. The molecule has 0 bridgehead atoms. The van der Waals surface area contributed by atoms with Gasteiger partial charge in [-0.25, -0.2) is 9.69 Å². The summed E-state index contributed by atoms with van der Waals surface area (Å²) < 4.78 is 10.4. The van der Waals surface area contributed by atoms with Gasteiger partial charge in [0.15, 0.2) is 11.5 Å². The highest BCUT2D eigenvalue weighted by Gasteiger charge is 2.39. The van der Waals surface area contributed by atoms with Gasteiger partial charge in [0.2, 0.25) is 11.8 Å². The summed E-state index contributed by atoms with van der Waals surface area (Å²) in [5.41, 5.74) is 1.78. The largest absolute Gasteiger partial charge is 0.493 e. The number of carbonyl (C=O) groups excluding carboxylic acids is 3. The molecule has 2 aromatic carbocycles. The Balaban J connectivity index is 1.86. The maximum atomic E-state index is 12.9. The van der Waals surface area contributed by atoms with Gasteiger partial charge in [-0.15, -0.1) is 0 Å². The van der Waals surface area contributed by atoms with Crippen LogP contribution in [0, 0.1) is 12.8 Å². The summed E-state index contributed by atoms with van der Waals surface area (Å²) >= 11 is 0. The van der Waals surface area contributed by atoms with Crippen molar-refractivity contribution < 1.29 is 23.9 Å². The van der Waals surface area contributed by atoms with Gasteiger partial charge in [0.1, 0.15) is 5.92 Å². The first kappa shape index (κ1) is 19.2. The van der Waals surface area contributed by atoms with E-state index in [1.165, 1.54) is 20.3 Å². The van der Waals surface area contributed by atoms with Gasteiger partial charge >= 0.3 is 6.03 Å². The maximum absolute atomic E-state index is 12.9. The smallest absolute Gasteiger partial charge is 0.328 e. The monoisotopic (exact) mass is 383 g/mol. The van der Waals surface area contributed by atoms with Crippen molar-refractivity contribution in [1.29, 1.82) is 0 Å². The van der Waals surface area contributed by atoms with E-state index in [0.29, 0.717) is 17.2 Å². The molecule has 0 saturated carbocycles. The number of methoxy groups -OCH3 is 2. The van der Waals surface area contributed by atoms with E-state index in [1.807, 2.05) is 19.1 Å². The zero-order valence-corrected chi connectivity index (χ0v) is 15.8. The number of carbonyl (C=O) groups is 3. The van der Waals surface area contributed by atoms with Crippen LogP contribution in [0.25, 0.3) is 0 Å². The van der Waals surface area contributed by atoms with Crippen LogP contribution in [0.3, 0.4) is 0 Å². The summed E-state index contributed by atoms with van der Waals surface area (Å²) in [4.78, 5) is 38.9. The Bertz CT molecular complexity index is 928. The lowest BCUT2D eigenvalue weighted by molar-refractivity contribution is -0.130. The number of anilines is 2. The second kappa shape index (κ2) is 7.99. The van der Waals surface area contributed by atoms with Crippen LogP contribution in [-0.2, 0) is 9.59 Å². The molecule has 28 heavy (non-hydrogen) atoms. The van der Waals surface area contributed by atoms with Gasteiger partial charge in [-0.2, -0.15) is 0 Å². The molecule has 146 valence electrons. The maximum Gasteiger partial charge on any atom is 0.328 e. The van der Waals surface area contributed by atoms with Gasteiger partial charge in [0.05, 0.1) is 19.9 Å². The zero-order valence-electron chi connectivity index (χ0n) is 15.8. The van der Waals surface area contributed by atoms with Crippen LogP contribution in [0.1, 0.15) is 5.56 Å². The van der Waals surface area contributed by atoms with Crippen LogP contribution in [0.5, 0.6) is 11.5 Å². The number of benzene rings is 2. The number of nitrogens with one attached hydrogen (secondary N) is 2. The van der Waals surface area contributed by atoms with E-state index in [4.69, 9.17) is 9.47 Å². The number of nitrogens with zero attached hydrogens (tertiary/aromatic N) is 1. The van der Waals surface area contributed by atoms with E-state index in [1.54, 1.807) is 24.3 Å². The number of rotatable bonds is 5. The fraction of sp³-hybridized carbons (Fsp3) is 0.250. The fourth-order valence-corrected chi connectivity index (χ4v) is 2.96. The molecule has 1 aliphatic heterocycles. The Morgan fingerprint density at radius 3 is 2.50 bits per heavy atom. The summed E-state index contributed by atoms with van der Waals surface area (Å²) in [7, 11) is 2.94. The Labute approximate surface area is 162 Å². The third kappa shape index (κ3) is 3.62. The third-order valence-electron chi connectivity index (χ3n) is 4.52. The van der Waals surface area contributed by atoms with Gasteiger partial charge < -0.3 is 20.1 Å². The van der Waals surface area contributed by atoms with Crippen LogP contribution >= 0.6 is 0 Å². The van der Waals surface area contributed by atoms with Crippen LogP contribution in [0.2, 0.25) is 0 Å². The fourth-order valence-electron chi connectivity index (χ4n) is 2.96. The van der Waals surface area contributed by atoms with Crippen molar-refractivity contribution in [3.05, 3.63) is 48.0 Å². The van der Waals surface area contributed by atoms with Crippen molar-refractivity contribution in [3.8, 4) is 11.5 Å². The quantitative estimate of drug-likeness (QED) is 0.773. The molecule has 0 radical (unpaired) electrons. The molecule has 4 amide bonds. The van der Waals surface area contributed by atoms with Crippen molar-refractivity contribution in [2.75, 3.05) is 31.0 Å². The normalized spacial score (nSPS) is 16.4. The number of aryl methyl sites for hydroxylation is 1. The van der Waals surface area contributed by atoms with Crippen LogP contribution < -0.4 is 25.0 Å². The minimum absolute atomic E-state index is 0.0703. The molecule has 0 aliphatic carbocycles. The molecule has 1 aliphatic rings. The summed E-state index contributed by atoms with van der Waals surface area (Å²) in [6.07, 6.45) is 0. The molecule has 0 aromatic heterocycles. The van der Waals surface area contributed by atoms with E-state index in [2.05, 4.69) is 10.6 Å². The minimum atomic E-state index is -1.05. The van der Waals surface area contributed by atoms with Gasteiger partial charge in [0.25, 0.3) is 0 Å². The topological polar surface area (TPSA) is 97.0 Å². The number of hydrogen-bond donors (Lipinski definition) is 2. The lowest BCUT2D eigenvalue weighted by atomic mass is 10.0. The predicted octanol–water partition coefficient (Wildman–Crippen LogP) is 2.32. The molecule has 2 aromatic rings. The highest BCUT2D eigenvalue weighted by atomic mass is 16.5. The van der Waals surface area contributed by atoms with E-state index in [-0.39, 0.29) is 12.2 Å². The first-order valence-corrected chi connectivity index (χ1v) is 8.66. The molecule has 1 fully saturated rings. The second-order valence-corrected chi connectivity index (χ2v) is 6.26. The molecule has 1 heterocycles. The van der Waals surface area contributed by atoms with E-state index < -0.39 is 23.8 Å². The molecular formula is C20H21N3O5. The molecule has 2 N–H and O–H groups in total. The molecule has 1 saturated heterocycles. The number of imide groups is 1. The lowest BCUT2D eigenvalue weighted by Crippen LogP contribution is -2.58. The molecule has 3 rings (SSSR count). The van der Waals surface area contributed by atoms with Crippen molar-refractivity contribution in [2.45, 2.75) is 6.92 Å². The minimum Gasteiger partial charge on any atom is -0.493 e. The van der Waals surface area contributed by atoms with Crippen molar-refractivity contribution in [3.63, 3.8) is 0 Å². The van der Waals surface area contributed by atoms with Gasteiger partial charge in [-0.1, -0.05) is 18.2 Å². The summed E-state index contributed by atoms with van der Waals surface area (Å²) in [5, 5.41) is 5.35. The summed E-state index contributed by atoms with van der Waals surface area (Å²) in [6.45, 7) is 1.79. The van der Waals surface area contributed by atoms with Crippen molar-refractivity contribution in [2.24, 2.45) is 5.92 Å². The molecule has 8 nitrogen and oxygen atoms in total. The first-order valence-electron chi connectivity index (χ1n) is 8.66. The Hall–Kier alpha value is -3.55. The lowest BCUT2D eigenvalue weighted by Gasteiger charge is -2.31. The average molecular weight is 383 g/mol. The van der Waals surface area contributed by atoms with Crippen LogP contribution in [-0.4, -0.2) is 38.6 Å². The average Bonchev–Trinajstić information content (AvgIpc) is 2.69. The number of hydrogen-bond acceptors (Lipinski definition) is 5. The van der Waals surface area contributed by atoms with E-state index in [0.717, 1.165) is 10.5 Å². The number of urea groups is 1. The first-order chi connectivity index (χ1) is 13.5. The number of para-hydroxylation sites is 1. The van der Waals surface area contributed by atoms with Crippen molar-refractivity contribution >= 4 is 29.2 Å². The number of ether oxygens (including phenoxy) is 2. The molecular weight excluding hydrogens is 362 g/mol. The summed E-state index contributed by atoms with van der Waals surface area (Å²) in [5.74, 6) is -1.31. The Kier molecular flexibility index (Phi) is 5.49. The highest BCUT2D eigenvalue weighted by Crippen LogP contribution is 2.32. The van der Waals surface area contributed by atoms with Gasteiger partial charge in [0, 0.05) is 18.3 Å². The Morgan fingerprint density at radius 2 is 1.82 bits per heavy atom. The van der Waals surface area contributed by atoms with Crippen LogP contribution in [0.4, 0.5) is 16.2 Å². The molecule has 0 spiro atoms. The SMILES string of the molecule is COc1ccc(N2C(=O)NCC(C(=O)Nc3ccccc3C)C2=O)cc1OC. The van der Waals surface area contributed by atoms with E-state index >= 15 is 0 Å². The third-order valence-corrected chi connectivity index (χ3v) is 4.52. The predicted molar refractivity (Wildman–Crippen MR) is 104 cm³/mol. The molecule has 1 atom stereocenters. The number of amides is 4. The standard InChI is InChI=1S/C20H21N3O5/c1-12-6-4-5-7-15(12)22-18(24)14-11-21-20(26)23(19(14)25)13-8-9-16(27-2)17(10-13)28-3/h4-10,14H,11H2,1-3H3,(H,21,26)(H,22,24). The van der Waals surface area contributed by atoms with Gasteiger partial charge in [-0.05, 0) is 30.7 Å². The van der Waals surface area contributed by atoms with E-state index in [9.17, 15) is 14.4 Å². The molecule has 1 unspecified atom stereocenters. The van der Waals surface area contributed by atoms with Crippen molar-refractivity contribution in [1.82, 2.24) is 5.32 Å². The van der Waals surface area contributed by atoms with Crippen LogP contribution in [0.15, 0.2) is 42.5 Å². The highest BCUT2D eigenvalue weighted by molar-refractivity contribution is 6.23.